The summed E-state index contributed by atoms with van der Waals surface area (Å²) >= 11 is 0. The smallest absolute Gasteiger partial charge is 0.254 e. The van der Waals surface area contributed by atoms with E-state index in [1.54, 1.807) is 12.4 Å². The number of pyridine rings is 2. The lowest BCUT2D eigenvalue weighted by Crippen LogP contribution is -2.56. The molecule has 1 aromatic carbocycles. The highest BCUT2D eigenvalue weighted by atomic mass is 19.1. The van der Waals surface area contributed by atoms with E-state index in [9.17, 15) is 9.18 Å². The first-order valence-electron chi connectivity index (χ1n) is 12.2. The van der Waals surface area contributed by atoms with Gasteiger partial charge >= 0.3 is 0 Å². The molecule has 6 rings (SSSR count). The number of hydrogen-bond acceptors (Lipinski definition) is 7. The van der Waals surface area contributed by atoms with Crippen molar-refractivity contribution in [1.29, 1.82) is 0 Å². The van der Waals surface area contributed by atoms with Gasteiger partial charge in [-0.3, -0.25) is 9.20 Å². The van der Waals surface area contributed by atoms with Crippen LogP contribution in [-0.4, -0.2) is 51.6 Å². The predicted octanol–water partition coefficient (Wildman–Crippen LogP) is 3.46. The Balaban J connectivity index is 1.27. The Kier molecular flexibility index (Phi) is 5.58. The molecule has 0 radical (unpaired) electrons. The second kappa shape index (κ2) is 8.82. The summed E-state index contributed by atoms with van der Waals surface area (Å²) in [5.74, 6) is 0.133. The predicted molar refractivity (Wildman–Crippen MR) is 139 cm³/mol. The quantitative estimate of drug-likeness (QED) is 0.384. The van der Waals surface area contributed by atoms with Gasteiger partial charge in [-0.2, -0.15) is 0 Å². The van der Waals surface area contributed by atoms with Gasteiger partial charge in [-0.25, -0.2) is 14.4 Å². The molecule has 1 amide bonds. The van der Waals surface area contributed by atoms with Crippen molar-refractivity contribution in [1.82, 2.24) is 19.7 Å². The van der Waals surface area contributed by atoms with Gasteiger partial charge in [-0.05, 0) is 43.7 Å². The van der Waals surface area contributed by atoms with Crippen molar-refractivity contribution in [3.63, 3.8) is 0 Å². The fraction of sp³-hybridized carbons (Fsp3) is 0.296. The minimum Gasteiger partial charge on any atom is -0.373 e. The largest absolute Gasteiger partial charge is 0.373 e. The monoisotopic (exact) mass is 501 g/mol. The molecule has 0 saturated carbocycles. The van der Waals surface area contributed by atoms with Gasteiger partial charge in [0.25, 0.3) is 5.91 Å². The number of rotatable bonds is 5. The van der Waals surface area contributed by atoms with Crippen molar-refractivity contribution in [2.24, 2.45) is 5.73 Å². The van der Waals surface area contributed by atoms with Gasteiger partial charge in [0.15, 0.2) is 0 Å². The van der Waals surface area contributed by atoms with Crippen molar-refractivity contribution in [3.05, 3.63) is 71.9 Å². The van der Waals surface area contributed by atoms with Crippen molar-refractivity contribution < 1.29 is 13.9 Å². The molecule has 2 aliphatic heterocycles. The fourth-order valence-corrected chi connectivity index (χ4v) is 4.97. The van der Waals surface area contributed by atoms with Crippen LogP contribution in [0.5, 0.6) is 0 Å². The van der Waals surface area contributed by atoms with Crippen LogP contribution in [0.3, 0.4) is 0 Å². The summed E-state index contributed by atoms with van der Waals surface area (Å²) in [6.45, 7) is 6.42. The number of amides is 1. The second-order valence-electron chi connectivity index (χ2n) is 10.1. The molecule has 4 N–H and O–H groups in total. The molecule has 9 nitrogen and oxygen atoms in total. The van der Waals surface area contributed by atoms with Crippen LogP contribution in [0.15, 0.2) is 55.0 Å². The SMILES string of the molecule is CC(C)(N)[C@@H]1CN(c2ccc(Nc3ccc(-c4cnc5cc(F)ccn45)c4c3C(=O)NC4)nc2)CCO1. The summed E-state index contributed by atoms with van der Waals surface area (Å²) in [5, 5.41) is 6.23. The number of nitrogens with two attached hydrogens (primary N) is 1. The zero-order valence-corrected chi connectivity index (χ0v) is 20.7. The highest BCUT2D eigenvalue weighted by molar-refractivity contribution is 6.06. The zero-order valence-electron chi connectivity index (χ0n) is 20.7. The van der Waals surface area contributed by atoms with Crippen LogP contribution in [-0.2, 0) is 11.3 Å². The van der Waals surface area contributed by atoms with Gasteiger partial charge in [0.2, 0.25) is 0 Å². The number of anilines is 3. The van der Waals surface area contributed by atoms with E-state index in [1.165, 1.54) is 12.1 Å². The fourth-order valence-electron chi connectivity index (χ4n) is 4.97. The van der Waals surface area contributed by atoms with Crippen LogP contribution in [0.25, 0.3) is 16.9 Å². The summed E-state index contributed by atoms with van der Waals surface area (Å²) in [6, 6.07) is 10.5. The van der Waals surface area contributed by atoms with Gasteiger partial charge < -0.3 is 26.0 Å². The number of halogens is 1. The number of hydrogen-bond donors (Lipinski definition) is 3. The average Bonchev–Trinajstić information content (AvgIpc) is 3.48. The molecular weight excluding hydrogens is 473 g/mol. The Morgan fingerprint density at radius 2 is 2.05 bits per heavy atom. The van der Waals surface area contributed by atoms with Crippen LogP contribution < -0.4 is 21.3 Å². The molecule has 2 aliphatic rings. The Morgan fingerprint density at radius 1 is 1.19 bits per heavy atom. The van der Waals surface area contributed by atoms with E-state index in [0.29, 0.717) is 42.4 Å². The van der Waals surface area contributed by atoms with Crippen LogP contribution >= 0.6 is 0 Å². The maximum atomic E-state index is 13.6. The maximum Gasteiger partial charge on any atom is 0.254 e. The number of imidazole rings is 1. The first kappa shape index (κ1) is 23.4. The number of fused-ring (bicyclic) bond motifs is 2. The molecule has 4 aromatic rings. The van der Waals surface area contributed by atoms with E-state index >= 15 is 0 Å². The van der Waals surface area contributed by atoms with Crippen LogP contribution in [0.1, 0.15) is 29.8 Å². The number of nitrogens with one attached hydrogen (secondary N) is 2. The van der Waals surface area contributed by atoms with E-state index in [4.69, 9.17) is 10.5 Å². The first-order chi connectivity index (χ1) is 17.8. The number of carbonyl (C=O) groups is 1. The molecule has 0 bridgehead atoms. The molecule has 3 aromatic heterocycles. The third-order valence-corrected chi connectivity index (χ3v) is 6.99. The zero-order chi connectivity index (χ0) is 25.7. The molecule has 5 heterocycles. The van der Waals surface area contributed by atoms with Crippen LogP contribution in [0, 0.1) is 5.82 Å². The van der Waals surface area contributed by atoms with Crippen LogP contribution in [0.2, 0.25) is 0 Å². The summed E-state index contributed by atoms with van der Waals surface area (Å²) in [6.07, 6.45) is 5.10. The Labute approximate surface area is 213 Å². The van der Waals surface area contributed by atoms with E-state index < -0.39 is 5.54 Å². The average molecular weight is 502 g/mol. The minimum atomic E-state index is -0.430. The van der Waals surface area contributed by atoms with Gasteiger partial charge in [0, 0.05) is 43.0 Å². The number of ether oxygens (including phenoxy) is 1. The van der Waals surface area contributed by atoms with E-state index in [0.717, 1.165) is 29.1 Å². The van der Waals surface area contributed by atoms with Crippen molar-refractivity contribution >= 4 is 28.7 Å². The number of nitrogens with zero attached hydrogens (tertiary/aromatic N) is 4. The molecule has 37 heavy (non-hydrogen) atoms. The molecular formula is C27H28FN7O2. The molecule has 0 spiro atoms. The third-order valence-electron chi connectivity index (χ3n) is 6.99. The molecule has 1 fully saturated rings. The van der Waals surface area contributed by atoms with Crippen molar-refractivity contribution in [2.45, 2.75) is 32.0 Å². The number of carbonyl (C=O) groups excluding carboxylic acids is 1. The summed E-state index contributed by atoms with van der Waals surface area (Å²) < 4.78 is 21.3. The topological polar surface area (TPSA) is 110 Å². The standard InChI is InChI=1S/C27H28FN7O2/c1-27(2,29)22-15-34(9-10-37-22)17-3-6-23(30-12-17)33-20-5-4-18(19-13-32-26(36)25(19)20)21-14-31-24-11-16(28)7-8-35(21)24/h3-8,11-12,14,22H,9-10,13,15,29H2,1-2H3,(H,30,33)(H,32,36)/t22-/m0/s1. The van der Waals surface area contributed by atoms with Gasteiger partial charge in [-0.1, -0.05) is 6.07 Å². The number of aromatic nitrogens is 3. The lowest BCUT2D eigenvalue weighted by molar-refractivity contribution is -0.000226. The Hall–Kier alpha value is -4.02. The van der Waals surface area contributed by atoms with E-state index in [2.05, 4.69) is 25.5 Å². The number of morpholine rings is 1. The maximum absolute atomic E-state index is 13.6. The van der Waals surface area contributed by atoms with Crippen molar-refractivity contribution in [2.75, 3.05) is 29.9 Å². The lowest BCUT2D eigenvalue weighted by Gasteiger charge is -2.40. The van der Waals surface area contributed by atoms with Gasteiger partial charge in [-0.15, -0.1) is 0 Å². The molecule has 1 saturated heterocycles. The summed E-state index contributed by atoms with van der Waals surface area (Å²) in [4.78, 5) is 24.0. The normalized spacial score (nSPS) is 17.7. The summed E-state index contributed by atoms with van der Waals surface area (Å²) in [5.41, 5.74) is 11.1. The second-order valence-corrected chi connectivity index (χ2v) is 10.1. The molecule has 0 unspecified atom stereocenters. The minimum absolute atomic E-state index is 0.0643. The van der Waals surface area contributed by atoms with Gasteiger partial charge in [0.05, 0.1) is 47.7 Å². The number of benzene rings is 1. The highest BCUT2D eigenvalue weighted by Crippen LogP contribution is 2.35. The molecule has 10 heteroatoms. The molecule has 1 atom stereocenters. The van der Waals surface area contributed by atoms with Crippen LogP contribution in [0.4, 0.5) is 21.6 Å². The highest BCUT2D eigenvalue weighted by Gasteiger charge is 2.31. The molecule has 0 aliphatic carbocycles. The lowest BCUT2D eigenvalue weighted by atomic mass is 9.97. The van der Waals surface area contributed by atoms with E-state index in [1.807, 2.05) is 48.7 Å². The third kappa shape index (κ3) is 4.28. The molecule has 190 valence electrons. The Morgan fingerprint density at radius 3 is 2.84 bits per heavy atom. The first-order valence-corrected chi connectivity index (χ1v) is 12.2. The Bertz CT molecular complexity index is 1490. The summed E-state index contributed by atoms with van der Waals surface area (Å²) in [7, 11) is 0. The van der Waals surface area contributed by atoms with E-state index in [-0.39, 0.29) is 17.8 Å². The van der Waals surface area contributed by atoms with Gasteiger partial charge in [0.1, 0.15) is 17.3 Å². The van der Waals surface area contributed by atoms with Crippen molar-refractivity contribution in [3.8, 4) is 11.3 Å².